The Bertz CT molecular complexity index is 497. The van der Waals surface area contributed by atoms with Crippen molar-refractivity contribution in [3.05, 3.63) is 35.3 Å². The van der Waals surface area contributed by atoms with E-state index in [1.807, 2.05) is 0 Å². The van der Waals surface area contributed by atoms with Gasteiger partial charge in [0, 0.05) is 24.4 Å². The average molecular weight is 330 g/mol. The van der Waals surface area contributed by atoms with Crippen LogP contribution in [0.4, 0.5) is 0 Å². The molecule has 1 aromatic rings. The second-order valence-corrected chi connectivity index (χ2v) is 5.62. The number of rotatable bonds is 6. The van der Waals surface area contributed by atoms with Crippen molar-refractivity contribution in [3.63, 3.8) is 0 Å². The van der Waals surface area contributed by atoms with Crippen molar-refractivity contribution >= 4 is 17.7 Å². The summed E-state index contributed by atoms with van der Waals surface area (Å²) in [7, 11) is 0. The smallest absolute Gasteiger partial charge is 0.298 e. The molecule has 0 aliphatic carbocycles. The summed E-state index contributed by atoms with van der Waals surface area (Å²) in [6, 6.07) is 2.90. The van der Waals surface area contributed by atoms with Crippen molar-refractivity contribution in [2.24, 2.45) is 0 Å². The Kier molecular flexibility index (Phi) is 6.38. The molecule has 1 atom stereocenters. The fourth-order valence-electron chi connectivity index (χ4n) is 2.39. The van der Waals surface area contributed by atoms with E-state index in [1.165, 1.54) is 24.8 Å². The molecule has 7 nitrogen and oxygen atoms in total. The van der Waals surface area contributed by atoms with Gasteiger partial charge < -0.3 is 15.2 Å². The topological polar surface area (TPSA) is 80.0 Å². The maximum Gasteiger partial charge on any atom is 0.298 e. The highest BCUT2D eigenvalue weighted by molar-refractivity contribution is 6.22. The number of aliphatic hydroxyl groups excluding tert-OH is 1. The van der Waals surface area contributed by atoms with Gasteiger partial charge in [-0.3, -0.25) is 9.63 Å². The lowest BCUT2D eigenvalue weighted by Crippen LogP contribution is -2.39. The number of nitrogens with zero attached hydrogens (tertiary/aromatic N) is 3. The summed E-state index contributed by atoms with van der Waals surface area (Å²) in [6.07, 6.45) is 5.13. The zero-order valence-electron chi connectivity index (χ0n) is 12.2. The van der Waals surface area contributed by atoms with E-state index >= 15 is 0 Å². The van der Waals surface area contributed by atoms with Gasteiger partial charge in [-0.15, -0.1) is 4.58 Å². The largest absolute Gasteiger partial charge is 0.619 e. The van der Waals surface area contributed by atoms with Crippen LogP contribution in [0.25, 0.3) is 0 Å². The third-order valence-corrected chi connectivity index (χ3v) is 3.73. The molecule has 2 heterocycles. The summed E-state index contributed by atoms with van der Waals surface area (Å²) < 4.78 is 1.03. The van der Waals surface area contributed by atoms with Gasteiger partial charge in [0.05, 0.1) is 6.10 Å². The molecule has 2 rings (SSSR count). The fraction of sp³-hybridized carbons (Fsp3) is 0.571. The Labute approximate surface area is 134 Å². The molecular weight excluding hydrogens is 310 g/mol. The van der Waals surface area contributed by atoms with Crippen molar-refractivity contribution in [1.29, 1.82) is 0 Å². The number of hydrogen-bond donors (Lipinski definition) is 1. The van der Waals surface area contributed by atoms with Crippen LogP contribution in [0.3, 0.4) is 0 Å². The first-order valence-corrected chi connectivity index (χ1v) is 7.62. The van der Waals surface area contributed by atoms with Gasteiger partial charge in [0.15, 0.2) is 12.4 Å². The minimum atomic E-state index is -0.729. The van der Waals surface area contributed by atoms with Crippen molar-refractivity contribution in [2.45, 2.75) is 25.4 Å². The van der Waals surface area contributed by atoms with Gasteiger partial charge in [-0.1, -0.05) is 6.42 Å². The highest BCUT2D eigenvalue weighted by Crippen LogP contribution is 2.10. The molecule has 0 bridgehead atoms. The van der Waals surface area contributed by atoms with Gasteiger partial charge in [0.2, 0.25) is 0 Å². The van der Waals surface area contributed by atoms with Crippen LogP contribution in [0, 0.1) is 5.21 Å². The minimum absolute atomic E-state index is 0.0874. The second-order valence-electron chi connectivity index (χ2n) is 5.31. The molecule has 1 amide bonds. The summed E-state index contributed by atoms with van der Waals surface area (Å²) in [6.45, 7) is 2.34. The van der Waals surface area contributed by atoms with E-state index in [0.717, 1.165) is 32.1 Å². The third kappa shape index (κ3) is 5.10. The fourth-order valence-corrected chi connectivity index (χ4v) is 2.54. The molecule has 1 aromatic heterocycles. The number of carbonyl (C=O) groups is 1. The number of hydrogen-bond acceptors (Lipinski definition) is 5. The molecule has 1 aliphatic rings. The lowest BCUT2D eigenvalue weighted by atomic mass is 10.1. The van der Waals surface area contributed by atoms with Crippen LogP contribution in [0.5, 0.6) is 0 Å². The highest BCUT2D eigenvalue weighted by atomic mass is 35.5. The van der Waals surface area contributed by atoms with Gasteiger partial charge >= 0.3 is 0 Å². The summed E-state index contributed by atoms with van der Waals surface area (Å²) in [5, 5.41) is 21.1. The number of carbonyl (C=O) groups excluding carboxylic acids is 1. The number of likely N-dealkylation sites (tertiary alicyclic amines) is 1. The Morgan fingerprint density at radius 1 is 1.50 bits per heavy atom. The van der Waals surface area contributed by atoms with Crippen LogP contribution in [-0.2, 0) is 4.84 Å². The van der Waals surface area contributed by atoms with Crippen molar-refractivity contribution in [3.8, 4) is 0 Å². The van der Waals surface area contributed by atoms with E-state index < -0.39 is 12.0 Å². The van der Waals surface area contributed by atoms with Crippen LogP contribution in [-0.4, -0.2) is 52.8 Å². The average Bonchev–Trinajstić information content (AvgIpc) is 2.53. The first-order chi connectivity index (χ1) is 10.6. The molecule has 122 valence electrons. The summed E-state index contributed by atoms with van der Waals surface area (Å²) >= 11 is 5.73. The Morgan fingerprint density at radius 2 is 2.23 bits per heavy atom. The molecular formula is C14H20ClN3O4. The Morgan fingerprint density at radius 3 is 2.91 bits per heavy atom. The first kappa shape index (κ1) is 17.0. The number of halogens is 1. The zero-order chi connectivity index (χ0) is 15.9. The van der Waals surface area contributed by atoms with Crippen molar-refractivity contribution in [2.75, 3.05) is 26.2 Å². The van der Waals surface area contributed by atoms with Crippen LogP contribution in [0.15, 0.2) is 24.5 Å². The zero-order valence-corrected chi connectivity index (χ0v) is 13.0. The minimum Gasteiger partial charge on any atom is -0.619 e. The summed E-state index contributed by atoms with van der Waals surface area (Å²) in [4.78, 5) is 19.1. The van der Waals surface area contributed by atoms with E-state index in [0.29, 0.717) is 15.9 Å². The van der Waals surface area contributed by atoms with Gasteiger partial charge in [-0.2, -0.15) is 4.73 Å². The third-order valence-electron chi connectivity index (χ3n) is 3.48. The quantitative estimate of drug-likeness (QED) is 0.359. The van der Waals surface area contributed by atoms with Crippen molar-refractivity contribution < 1.29 is 19.5 Å². The number of β-amino-alcohol motifs (C(OH)–C–C–N with tert-alkyl or cyclic N) is 1. The van der Waals surface area contributed by atoms with E-state index in [9.17, 15) is 15.1 Å². The van der Waals surface area contributed by atoms with E-state index in [4.69, 9.17) is 16.6 Å². The Hall–Kier alpha value is -1.41. The number of hydroxylamine groups is 1. The molecule has 0 aromatic carbocycles. The van der Waals surface area contributed by atoms with Crippen LogP contribution < -0.4 is 4.73 Å². The number of pyridine rings is 1. The molecule has 1 N–H and O–H groups in total. The highest BCUT2D eigenvalue weighted by Gasteiger charge is 2.20. The normalized spacial score (nSPS) is 17.2. The SMILES string of the molecule is O=C(c1ccc[n+]([O-])c1)N(Cl)OCC(O)CN1CCCCC1. The molecule has 8 heteroatoms. The van der Waals surface area contributed by atoms with Gasteiger partial charge in [0.1, 0.15) is 12.2 Å². The van der Waals surface area contributed by atoms with Crippen LogP contribution in [0.2, 0.25) is 0 Å². The number of aromatic nitrogens is 1. The van der Waals surface area contributed by atoms with Crippen molar-refractivity contribution in [1.82, 2.24) is 9.48 Å². The number of amides is 1. The maximum absolute atomic E-state index is 11.9. The predicted octanol–water partition coefficient (Wildman–Crippen LogP) is 0.694. The standard InChI is InChI=1S/C14H20ClN3O4/c15-18(14(20)12-5-4-8-17(21)9-12)22-11-13(19)10-16-6-2-1-3-7-16/h4-5,8-9,13,19H,1-3,6-7,10-11H2. The summed E-state index contributed by atoms with van der Waals surface area (Å²) in [5.41, 5.74) is 0.109. The molecule has 0 saturated carbocycles. The van der Waals surface area contributed by atoms with E-state index in [1.54, 1.807) is 0 Å². The van der Waals surface area contributed by atoms with Gasteiger partial charge in [0.25, 0.3) is 5.91 Å². The van der Waals surface area contributed by atoms with Gasteiger partial charge in [-0.25, -0.2) is 0 Å². The lowest BCUT2D eigenvalue weighted by Gasteiger charge is -2.28. The molecule has 22 heavy (non-hydrogen) atoms. The van der Waals surface area contributed by atoms with Crippen LogP contribution >= 0.6 is 11.8 Å². The van der Waals surface area contributed by atoms with Gasteiger partial charge in [-0.05, 0) is 32.0 Å². The predicted molar refractivity (Wildman–Crippen MR) is 79.7 cm³/mol. The number of aliphatic hydroxyl groups is 1. The molecule has 0 spiro atoms. The monoisotopic (exact) mass is 329 g/mol. The van der Waals surface area contributed by atoms with E-state index in [-0.39, 0.29) is 12.2 Å². The Balaban J connectivity index is 1.76. The molecule has 1 aliphatic heterocycles. The second kappa shape index (κ2) is 8.28. The molecule has 1 unspecified atom stereocenters. The first-order valence-electron chi connectivity index (χ1n) is 7.28. The van der Waals surface area contributed by atoms with E-state index in [2.05, 4.69) is 4.90 Å². The lowest BCUT2D eigenvalue weighted by molar-refractivity contribution is -0.605. The maximum atomic E-state index is 11.9. The summed E-state index contributed by atoms with van der Waals surface area (Å²) in [5.74, 6) is -0.656. The molecule has 0 radical (unpaired) electrons. The molecule has 1 saturated heterocycles. The number of piperidine rings is 1. The van der Waals surface area contributed by atoms with Crippen LogP contribution in [0.1, 0.15) is 29.6 Å². The molecule has 1 fully saturated rings.